The average molecular weight is 416 g/mol. The molecule has 156 valence electrons. The Morgan fingerprint density at radius 3 is 2.35 bits per heavy atom. The zero-order valence-corrected chi connectivity index (χ0v) is 16.8. The third kappa shape index (κ3) is 4.84. The number of amides is 1. The molecule has 0 aliphatic heterocycles. The lowest BCUT2D eigenvalue weighted by molar-refractivity contribution is -0.120. The predicted molar refractivity (Wildman–Crippen MR) is 115 cm³/mol. The second kappa shape index (κ2) is 9.04. The third-order valence-electron chi connectivity index (χ3n) is 4.50. The number of rotatable bonds is 7. The van der Waals surface area contributed by atoms with E-state index >= 15 is 0 Å². The molecule has 2 aromatic heterocycles. The minimum absolute atomic E-state index is 0.0535. The lowest BCUT2D eigenvalue weighted by Crippen LogP contribution is -2.32. The van der Waals surface area contributed by atoms with Crippen molar-refractivity contribution in [2.75, 3.05) is 5.43 Å². The number of carbonyl (C=O) groups is 1. The topological polar surface area (TPSA) is 126 Å². The van der Waals surface area contributed by atoms with Gasteiger partial charge in [0.05, 0.1) is 0 Å². The normalized spacial score (nSPS) is 10.6. The molecule has 0 radical (unpaired) electrons. The highest BCUT2D eigenvalue weighted by Crippen LogP contribution is 2.32. The number of nitrogens with zero attached hydrogens (tertiary/aromatic N) is 3. The van der Waals surface area contributed by atoms with Gasteiger partial charge in [-0.25, -0.2) is 4.98 Å². The summed E-state index contributed by atoms with van der Waals surface area (Å²) < 4.78 is 6.02. The molecule has 0 atom stereocenters. The Kier molecular flexibility index (Phi) is 5.84. The van der Waals surface area contributed by atoms with Crippen LogP contribution >= 0.6 is 0 Å². The fraction of sp³-hybridized carbons (Fsp3) is 0.136. The first-order valence-electron chi connectivity index (χ1n) is 9.69. The molecule has 4 rings (SSSR count). The van der Waals surface area contributed by atoms with Crippen LogP contribution in [0.1, 0.15) is 18.0 Å². The SMILES string of the molecule is Cc1nnc(NNC(=O)CCc2nc(-c3ccccc3)c(-c3ccccc3)o2)[nH]c1=O. The Morgan fingerprint density at radius 1 is 1.00 bits per heavy atom. The van der Waals surface area contributed by atoms with E-state index in [2.05, 4.69) is 31.0 Å². The van der Waals surface area contributed by atoms with Gasteiger partial charge in [-0.3, -0.25) is 25.4 Å². The fourth-order valence-corrected chi connectivity index (χ4v) is 2.91. The molecule has 9 heteroatoms. The van der Waals surface area contributed by atoms with E-state index in [0.717, 1.165) is 16.8 Å². The first-order valence-corrected chi connectivity index (χ1v) is 9.69. The number of aromatic amines is 1. The van der Waals surface area contributed by atoms with E-state index < -0.39 is 0 Å². The maximum atomic E-state index is 12.2. The van der Waals surface area contributed by atoms with Crippen molar-refractivity contribution >= 4 is 11.9 Å². The number of hydrogen-bond donors (Lipinski definition) is 3. The Bertz CT molecular complexity index is 1180. The summed E-state index contributed by atoms with van der Waals surface area (Å²) in [5, 5.41) is 7.44. The highest BCUT2D eigenvalue weighted by molar-refractivity contribution is 5.78. The zero-order valence-electron chi connectivity index (χ0n) is 16.8. The van der Waals surface area contributed by atoms with Gasteiger partial charge in [0.2, 0.25) is 11.9 Å². The van der Waals surface area contributed by atoms with Crippen LogP contribution in [0.2, 0.25) is 0 Å². The first-order chi connectivity index (χ1) is 15.1. The number of oxazole rings is 1. The van der Waals surface area contributed by atoms with Gasteiger partial charge in [-0.2, -0.15) is 0 Å². The Labute approximate surface area is 177 Å². The van der Waals surface area contributed by atoms with Gasteiger partial charge in [0.15, 0.2) is 11.7 Å². The maximum Gasteiger partial charge on any atom is 0.274 e. The summed E-state index contributed by atoms with van der Waals surface area (Å²) in [6.07, 6.45) is 0.426. The van der Waals surface area contributed by atoms with Crippen molar-refractivity contribution in [2.24, 2.45) is 0 Å². The summed E-state index contributed by atoms with van der Waals surface area (Å²) >= 11 is 0. The Balaban J connectivity index is 1.46. The van der Waals surface area contributed by atoms with Crippen molar-refractivity contribution in [2.45, 2.75) is 19.8 Å². The van der Waals surface area contributed by atoms with E-state index in [0.29, 0.717) is 18.1 Å². The summed E-state index contributed by atoms with van der Waals surface area (Å²) in [6.45, 7) is 1.54. The Hall–Kier alpha value is -4.27. The largest absolute Gasteiger partial charge is 0.440 e. The van der Waals surface area contributed by atoms with Gasteiger partial charge in [0.1, 0.15) is 11.4 Å². The highest BCUT2D eigenvalue weighted by Gasteiger charge is 2.17. The number of benzene rings is 2. The lowest BCUT2D eigenvalue weighted by atomic mass is 10.1. The first kappa shape index (κ1) is 20.0. The molecule has 4 aromatic rings. The number of hydrazine groups is 1. The van der Waals surface area contributed by atoms with Crippen molar-refractivity contribution in [1.29, 1.82) is 0 Å². The van der Waals surface area contributed by atoms with Crippen LogP contribution in [0, 0.1) is 6.92 Å². The third-order valence-corrected chi connectivity index (χ3v) is 4.50. The van der Waals surface area contributed by atoms with Crippen molar-refractivity contribution in [3.63, 3.8) is 0 Å². The zero-order chi connectivity index (χ0) is 21.6. The number of nitrogens with one attached hydrogen (secondary N) is 3. The molecule has 0 aliphatic carbocycles. The van der Waals surface area contributed by atoms with Crippen molar-refractivity contribution < 1.29 is 9.21 Å². The summed E-state index contributed by atoms with van der Waals surface area (Å²) in [6, 6.07) is 19.5. The molecule has 0 bridgehead atoms. The van der Waals surface area contributed by atoms with Crippen LogP contribution in [-0.2, 0) is 11.2 Å². The summed E-state index contributed by atoms with van der Waals surface area (Å²) in [5.41, 5.74) is 7.44. The molecule has 0 unspecified atom stereocenters. The second-order valence-corrected chi connectivity index (χ2v) is 6.78. The molecular formula is C22H20N6O3. The van der Waals surface area contributed by atoms with Crippen molar-refractivity contribution in [1.82, 2.24) is 25.6 Å². The molecule has 1 amide bonds. The summed E-state index contributed by atoms with van der Waals surface area (Å²) in [5.74, 6) is 0.853. The number of hydrogen-bond acceptors (Lipinski definition) is 7. The minimum Gasteiger partial charge on any atom is -0.440 e. The van der Waals surface area contributed by atoms with E-state index in [1.165, 1.54) is 6.92 Å². The average Bonchev–Trinajstić information content (AvgIpc) is 3.24. The highest BCUT2D eigenvalue weighted by atomic mass is 16.4. The van der Waals surface area contributed by atoms with E-state index in [4.69, 9.17) is 4.42 Å². The smallest absolute Gasteiger partial charge is 0.274 e. The standard InChI is InChI=1S/C22H20N6O3/c1-14-21(30)24-22(27-25-14)28-26-17(29)12-13-18-23-19(15-8-4-2-5-9-15)20(31-18)16-10-6-3-7-11-16/h2-11H,12-13H2,1H3,(H,26,29)(H2,24,27,28,30). The number of carbonyl (C=O) groups excluding carboxylic acids is 1. The molecule has 3 N–H and O–H groups in total. The molecule has 2 heterocycles. The lowest BCUT2D eigenvalue weighted by Gasteiger charge is -2.06. The van der Waals surface area contributed by atoms with Crippen LogP contribution in [0.15, 0.2) is 69.9 Å². The monoisotopic (exact) mass is 416 g/mol. The van der Waals surface area contributed by atoms with E-state index in [-0.39, 0.29) is 29.5 Å². The molecular weight excluding hydrogens is 396 g/mol. The summed E-state index contributed by atoms with van der Waals surface area (Å²) in [4.78, 5) is 30.8. The van der Waals surface area contributed by atoms with Gasteiger partial charge < -0.3 is 4.42 Å². The van der Waals surface area contributed by atoms with Crippen molar-refractivity contribution in [3.05, 3.63) is 82.6 Å². The molecule has 31 heavy (non-hydrogen) atoms. The van der Waals surface area contributed by atoms with Crippen LogP contribution in [0.5, 0.6) is 0 Å². The molecule has 0 aliphatic rings. The minimum atomic E-state index is -0.381. The van der Waals surface area contributed by atoms with Crippen LogP contribution in [0.3, 0.4) is 0 Å². The van der Waals surface area contributed by atoms with Crippen LogP contribution in [-0.4, -0.2) is 26.1 Å². The summed E-state index contributed by atoms with van der Waals surface area (Å²) in [7, 11) is 0. The molecule has 0 spiro atoms. The number of H-pyrrole nitrogens is 1. The molecule has 2 aromatic carbocycles. The quantitative estimate of drug-likeness (QED) is 0.396. The molecule has 0 saturated heterocycles. The predicted octanol–water partition coefficient (Wildman–Crippen LogP) is 2.87. The van der Waals surface area contributed by atoms with Crippen LogP contribution in [0.4, 0.5) is 5.95 Å². The number of aromatic nitrogens is 4. The maximum absolute atomic E-state index is 12.2. The van der Waals surface area contributed by atoms with Gasteiger partial charge in [-0.05, 0) is 6.92 Å². The Morgan fingerprint density at radius 2 is 1.68 bits per heavy atom. The molecule has 0 fully saturated rings. The number of aryl methyl sites for hydroxylation is 2. The van der Waals surface area contributed by atoms with E-state index in [1.807, 2.05) is 60.7 Å². The van der Waals surface area contributed by atoms with Crippen molar-refractivity contribution in [3.8, 4) is 22.6 Å². The molecule has 0 saturated carbocycles. The van der Waals surface area contributed by atoms with Crippen LogP contribution < -0.4 is 16.4 Å². The fourth-order valence-electron chi connectivity index (χ4n) is 2.91. The van der Waals surface area contributed by atoms with Gasteiger partial charge in [0, 0.05) is 24.0 Å². The second-order valence-electron chi connectivity index (χ2n) is 6.78. The van der Waals surface area contributed by atoms with E-state index in [1.54, 1.807) is 0 Å². The molecule has 9 nitrogen and oxygen atoms in total. The van der Waals surface area contributed by atoms with Gasteiger partial charge >= 0.3 is 0 Å². The van der Waals surface area contributed by atoms with E-state index in [9.17, 15) is 9.59 Å². The van der Waals surface area contributed by atoms with Gasteiger partial charge in [-0.15, -0.1) is 10.2 Å². The van der Waals surface area contributed by atoms with Gasteiger partial charge in [-0.1, -0.05) is 60.7 Å². The number of anilines is 1. The van der Waals surface area contributed by atoms with Gasteiger partial charge in [0.25, 0.3) is 5.56 Å². The van der Waals surface area contributed by atoms with Crippen LogP contribution in [0.25, 0.3) is 22.6 Å².